The zero-order valence-corrected chi connectivity index (χ0v) is 16.7. The van der Waals surface area contributed by atoms with Crippen molar-refractivity contribution in [1.29, 1.82) is 0 Å². The molecule has 0 radical (unpaired) electrons. The second-order valence-corrected chi connectivity index (χ2v) is 7.91. The van der Waals surface area contributed by atoms with Crippen molar-refractivity contribution in [2.24, 2.45) is 0 Å². The van der Waals surface area contributed by atoms with Gasteiger partial charge in [-0.15, -0.1) is 0 Å². The van der Waals surface area contributed by atoms with E-state index in [1.165, 1.54) is 17.2 Å². The maximum atomic E-state index is 14.1. The van der Waals surface area contributed by atoms with E-state index in [0.717, 1.165) is 34.1 Å². The molecule has 0 spiro atoms. The van der Waals surface area contributed by atoms with Crippen LogP contribution in [-0.4, -0.2) is 10.9 Å². The molecule has 2 heterocycles. The van der Waals surface area contributed by atoms with Gasteiger partial charge in [0.15, 0.2) is 10.9 Å². The number of hydrogen-bond acceptors (Lipinski definition) is 4. The number of aryl methyl sites for hydroxylation is 2. The summed E-state index contributed by atoms with van der Waals surface area (Å²) < 4.78 is 33.4. The number of thiazole rings is 1. The Balaban J connectivity index is 1.71. The van der Waals surface area contributed by atoms with E-state index in [1.54, 1.807) is 12.1 Å². The van der Waals surface area contributed by atoms with E-state index >= 15 is 0 Å². The van der Waals surface area contributed by atoms with E-state index in [-0.39, 0.29) is 24.4 Å². The van der Waals surface area contributed by atoms with E-state index < -0.39 is 11.6 Å². The number of aromatic nitrogens is 1. The topological polar surface area (TPSA) is 46.3 Å². The van der Waals surface area contributed by atoms with Crippen LogP contribution in [0.25, 0.3) is 10.2 Å². The first kappa shape index (κ1) is 19.3. The number of anilines is 1. The van der Waals surface area contributed by atoms with Crippen LogP contribution in [-0.2, 0) is 17.8 Å². The molecular weight excluding hydrogens is 394 g/mol. The zero-order valence-electron chi connectivity index (χ0n) is 15.9. The lowest BCUT2D eigenvalue weighted by Crippen LogP contribution is -2.31. The van der Waals surface area contributed by atoms with Gasteiger partial charge in [0.1, 0.15) is 17.1 Å². The first-order valence-electron chi connectivity index (χ1n) is 9.05. The van der Waals surface area contributed by atoms with Crippen LogP contribution < -0.4 is 4.90 Å². The fourth-order valence-electron chi connectivity index (χ4n) is 3.18. The fraction of sp³-hybridized carbons (Fsp3) is 0.182. The van der Waals surface area contributed by atoms with Gasteiger partial charge >= 0.3 is 0 Å². The summed E-state index contributed by atoms with van der Waals surface area (Å²) in [6.07, 6.45) is 1.69. The number of rotatable bonds is 5. The monoisotopic (exact) mass is 412 g/mol. The van der Waals surface area contributed by atoms with Gasteiger partial charge in [0.2, 0.25) is 5.91 Å². The van der Waals surface area contributed by atoms with Gasteiger partial charge in [0.05, 0.1) is 23.9 Å². The molecule has 0 saturated heterocycles. The number of halogens is 2. The number of amides is 1. The maximum absolute atomic E-state index is 14.1. The predicted octanol–water partition coefficient (Wildman–Crippen LogP) is 5.56. The highest BCUT2D eigenvalue weighted by molar-refractivity contribution is 7.22. The van der Waals surface area contributed by atoms with E-state index in [0.29, 0.717) is 15.6 Å². The molecule has 2 aromatic carbocycles. The molecule has 0 unspecified atom stereocenters. The van der Waals surface area contributed by atoms with Crippen LogP contribution in [0.5, 0.6) is 0 Å². The van der Waals surface area contributed by atoms with Crippen LogP contribution >= 0.6 is 11.3 Å². The Hall–Kier alpha value is -3.06. The first-order chi connectivity index (χ1) is 13.9. The smallest absolute Gasteiger partial charge is 0.233 e. The molecule has 0 atom stereocenters. The number of benzene rings is 2. The summed E-state index contributed by atoms with van der Waals surface area (Å²) in [7, 11) is 0. The van der Waals surface area contributed by atoms with Crippen LogP contribution in [0.2, 0.25) is 0 Å². The van der Waals surface area contributed by atoms with Gasteiger partial charge in [-0.3, -0.25) is 9.69 Å². The molecule has 0 aliphatic heterocycles. The molecule has 148 valence electrons. The Kier molecular flexibility index (Phi) is 5.15. The molecule has 1 amide bonds. The second-order valence-electron chi connectivity index (χ2n) is 6.90. The summed E-state index contributed by atoms with van der Waals surface area (Å²) in [5, 5.41) is 0.302. The highest BCUT2D eigenvalue weighted by Crippen LogP contribution is 2.32. The van der Waals surface area contributed by atoms with Gasteiger partial charge in [-0.1, -0.05) is 35.1 Å². The average Bonchev–Trinajstić information content (AvgIpc) is 3.31. The summed E-state index contributed by atoms with van der Waals surface area (Å²) in [5.41, 5.74) is 3.10. The molecular formula is C22H18F2N2O2S. The summed E-state index contributed by atoms with van der Waals surface area (Å²) >= 11 is 1.07. The molecule has 0 fully saturated rings. The van der Waals surface area contributed by atoms with Crippen LogP contribution in [0.15, 0.2) is 53.1 Å². The van der Waals surface area contributed by atoms with Crippen LogP contribution in [0.1, 0.15) is 22.5 Å². The lowest BCUT2D eigenvalue weighted by molar-refractivity contribution is -0.118. The molecule has 29 heavy (non-hydrogen) atoms. The molecule has 2 aromatic heterocycles. The standard InChI is InChI=1S/C22H18F2N2O2S/c1-13-5-6-15(14(2)8-13)9-20(27)26(12-17-4-3-7-28-17)22-25-21-18(24)10-16(23)11-19(21)29-22/h3-8,10-11H,9,12H2,1-2H3. The van der Waals surface area contributed by atoms with Crippen LogP contribution in [0, 0.1) is 25.5 Å². The van der Waals surface area contributed by atoms with Crippen molar-refractivity contribution in [2.75, 3.05) is 4.90 Å². The maximum Gasteiger partial charge on any atom is 0.233 e. The Labute approximate surface area is 170 Å². The van der Waals surface area contributed by atoms with Crippen LogP contribution in [0.3, 0.4) is 0 Å². The molecule has 0 aliphatic rings. The molecule has 7 heteroatoms. The van der Waals surface area contributed by atoms with Gasteiger partial charge in [-0.2, -0.15) is 0 Å². The number of fused-ring (bicyclic) bond motifs is 1. The Bertz CT molecular complexity index is 1190. The van der Waals surface area contributed by atoms with Gasteiger partial charge in [0, 0.05) is 6.07 Å². The quantitative estimate of drug-likeness (QED) is 0.431. The third-order valence-corrected chi connectivity index (χ3v) is 5.69. The van der Waals surface area contributed by atoms with Crippen molar-refractivity contribution >= 4 is 32.6 Å². The normalized spacial score (nSPS) is 11.2. The van der Waals surface area contributed by atoms with E-state index in [2.05, 4.69) is 4.98 Å². The summed E-state index contributed by atoms with van der Waals surface area (Å²) in [5.74, 6) is -1.05. The Morgan fingerprint density at radius 2 is 2.00 bits per heavy atom. The minimum atomic E-state index is -0.748. The molecule has 0 N–H and O–H groups in total. The number of carbonyl (C=O) groups is 1. The average molecular weight is 412 g/mol. The highest BCUT2D eigenvalue weighted by atomic mass is 32.1. The fourth-order valence-corrected chi connectivity index (χ4v) is 4.21. The molecule has 4 nitrogen and oxygen atoms in total. The lowest BCUT2D eigenvalue weighted by Gasteiger charge is -2.19. The van der Waals surface area contributed by atoms with Gasteiger partial charge in [-0.05, 0) is 43.2 Å². The molecule has 0 saturated carbocycles. The minimum absolute atomic E-state index is 0.0511. The van der Waals surface area contributed by atoms with Crippen LogP contribution in [0.4, 0.5) is 13.9 Å². The number of carbonyl (C=O) groups excluding carboxylic acids is 1. The second kappa shape index (κ2) is 7.75. The van der Waals surface area contributed by atoms with E-state index in [4.69, 9.17) is 4.42 Å². The van der Waals surface area contributed by atoms with Gasteiger partial charge in [-0.25, -0.2) is 13.8 Å². The van der Waals surface area contributed by atoms with E-state index in [1.807, 2.05) is 32.0 Å². The zero-order chi connectivity index (χ0) is 20.5. The molecule has 0 aliphatic carbocycles. The molecule has 4 aromatic rings. The lowest BCUT2D eigenvalue weighted by atomic mass is 10.0. The summed E-state index contributed by atoms with van der Waals surface area (Å²) in [4.78, 5) is 18.9. The van der Waals surface area contributed by atoms with Crippen molar-refractivity contribution in [3.05, 3.63) is 82.8 Å². The number of nitrogens with zero attached hydrogens (tertiary/aromatic N) is 2. The third kappa shape index (κ3) is 4.05. The Morgan fingerprint density at radius 1 is 1.17 bits per heavy atom. The predicted molar refractivity (Wildman–Crippen MR) is 109 cm³/mol. The summed E-state index contributed by atoms with van der Waals surface area (Å²) in [6, 6.07) is 11.4. The SMILES string of the molecule is Cc1ccc(CC(=O)N(Cc2ccco2)c2nc3c(F)cc(F)cc3s2)c(C)c1. The van der Waals surface area contributed by atoms with Crippen molar-refractivity contribution in [2.45, 2.75) is 26.8 Å². The third-order valence-electron chi connectivity index (χ3n) is 4.67. The van der Waals surface area contributed by atoms with Crippen molar-refractivity contribution < 1.29 is 18.0 Å². The molecule has 0 bridgehead atoms. The number of hydrogen-bond donors (Lipinski definition) is 0. The van der Waals surface area contributed by atoms with Crippen molar-refractivity contribution in [3.8, 4) is 0 Å². The summed E-state index contributed by atoms with van der Waals surface area (Å²) in [6.45, 7) is 4.11. The number of furan rings is 1. The van der Waals surface area contributed by atoms with Gasteiger partial charge in [0.25, 0.3) is 0 Å². The van der Waals surface area contributed by atoms with Crippen molar-refractivity contribution in [3.63, 3.8) is 0 Å². The highest BCUT2D eigenvalue weighted by Gasteiger charge is 2.23. The largest absolute Gasteiger partial charge is 0.467 e. The molecule has 4 rings (SSSR count). The van der Waals surface area contributed by atoms with Gasteiger partial charge < -0.3 is 4.42 Å². The van der Waals surface area contributed by atoms with Crippen molar-refractivity contribution in [1.82, 2.24) is 4.98 Å². The van der Waals surface area contributed by atoms with E-state index in [9.17, 15) is 13.6 Å². The first-order valence-corrected chi connectivity index (χ1v) is 9.87. The Morgan fingerprint density at radius 3 is 2.72 bits per heavy atom. The minimum Gasteiger partial charge on any atom is -0.467 e.